The Balaban J connectivity index is 6.44. The third-order valence-corrected chi connectivity index (χ3v) is 9.80. The van der Waals surface area contributed by atoms with Gasteiger partial charge in [0.2, 0.25) is 0 Å². The topological polar surface area (TPSA) is 149 Å². The molecule has 0 bridgehead atoms. The zero-order valence-electron chi connectivity index (χ0n) is 24.1. The van der Waals surface area contributed by atoms with Crippen molar-refractivity contribution in [2.24, 2.45) is 0 Å². The largest absolute Gasteiger partial charge is 0.527 e. The molecule has 0 atom stereocenters. The van der Waals surface area contributed by atoms with Crippen LogP contribution in [0.25, 0.3) is 0 Å². The highest BCUT2D eigenvalue weighted by atomic mass is 32.2. The molecule has 55 heavy (non-hydrogen) atoms. The van der Waals surface area contributed by atoms with Gasteiger partial charge in [0.25, 0.3) is 20.0 Å². The highest BCUT2D eigenvalue weighted by molar-refractivity contribution is 7.90. The molecule has 0 aromatic carbocycles. The van der Waals surface area contributed by atoms with E-state index in [0.717, 1.165) is 0 Å². The van der Waals surface area contributed by atoms with Crippen LogP contribution in [0.15, 0.2) is 0 Å². The van der Waals surface area contributed by atoms with Crippen molar-refractivity contribution >= 4 is 27.9 Å². The Kier molecular flexibility index (Phi) is 13.6. The van der Waals surface area contributed by atoms with Crippen LogP contribution in [0.3, 0.4) is 0 Å². The quantitative estimate of drug-likeness (QED) is 0.0516. The lowest BCUT2D eigenvalue weighted by Crippen LogP contribution is -2.67. The number of alkyl halides is 26. The van der Waals surface area contributed by atoms with Gasteiger partial charge in [0.15, 0.2) is 0 Å². The monoisotopic (exact) mass is 952 g/mol. The molecule has 0 amide bonds. The van der Waals surface area contributed by atoms with E-state index in [2.05, 4.69) is 9.35 Å². The number of hydrogen-bond acceptors (Lipinski definition) is 9. The van der Waals surface area contributed by atoms with Crippen LogP contribution in [-0.2, 0) is 43.7 Å². The van der Waals surface area contributed by atoms with E-state index >= 15 is 0 Å². The average Bonchev–Trinajstić information content (AvgIpc) is 2.96. The van der Waals surface area contributed by atoms with Crippen molar-refractivity contribution in [3.63, 3.8) is 0 Å². The van der Waals surface area contributed by atoms with Crippen LogP contribution in [-0.4, -0.2) is 115 Å². The second kappa shape index (κ2) is 14.1. The third kappa shape index (κ3) is 8.20. The van der Waals surface area contributed by atoms with Gasteiger partial charge in [0.05, 0.1) is 0 Å². The van der Waals surface area contributed by atoms with Gasteiger partial charge < -0.3 is 0 Å². The average molecular weight is 952 g/mol. The summed E-state index contributed by atoms with van der Waals surface area (Å²) >= 11 is 0. The molecule has 0 saturated carbocycles. The van der Waals surface area contributed by atoms with Crippen LogP contribution in [0.2, 0.25) is 0 Å². The summed E-state index contributed by atoms with van der Waals surface area (Å²) < 4.78 is 400. The first-order chi connectivity index (χ1) is 23.2. The molecule has 332 valence electrons. The smallest absolute Gasteiger partial charge is 0.299 e. The van der Waals surface area contributed by atoms with Gasteiger partial charge in [-0.15, -0.1) is 27.7 Å². The molecule has 0 aromatic rings. The van der Waals surface area contributed by atoms with E-state index in [9.17, 15) is 136 Å². The molecule has 12 nitrogen and oxygen atoms in total. The van der Waals surface area contributed by atoms with Crippen LogP contribution in [0, 0.1) is 0 Å². The van der Waals surface area contributed by atoms with Crippen LogP contribution in [0.4, 0.5) is 114 Å². The van der Waals surface area contributed by atoms with Crippen LogP contribution in [0.1, 0.15) is 0 Å². The van der Waals surface area contributed by atoms with Gasteiger partial charge in [-0.05, 0) is 0 Å². The number of rotatable bonds is 18. The summed E-state index contributed by atoms with van der Waals surface area (Å²) in [4.78, 5) is 12.7. The van der Waals surface area contributed by atoms with Crippen LogP contribution < -0.4 is 0 Å². The molecule has 0 aliphatic heterocycles. The Hall–Kier alpha value is -1.97. The lowest BCUT2D eigenvalue weighted by atomic mass is 10.1. The molecule has 41 heteroatoms. The van der Waals surface area contributed by atoms with E-state index in [4.69, 9.17) is 4.89 Å². The molecular weight excluding hydrogens is 945 g/mol. The second-order valence-corrected chi connectivity index (χ2v) is 14.4. The van der Waals surface area contributed by atoms with Gasteiger partial charge in [0, 0.05) is 14.1 Å². The van der Waals surface area contributed by atoms with E-state index in [0.29, 0.717) is 0 Å². The fourth-order valence-corrected chi connectivity index (χ4v) is 5.17. The summed E-state index contributed by atoms with van der Waals surface area (Å²) in [5.41, 5.74) is 0. The Morgan fingerprint density at radius 2 is 0.636 bits per heavy atom. The maximum Gasteiger partial charge on any atom is 0.527 e. The standard InChI is InChI=1S/C14H7F26N2O10PS2/c1-41(54(45,46)13(37,38)5(19,20)3(15,16)7(23,24)25)9(29,30)11(33,34)49-51-53(43,44)52-50-12(35,36)10(31,32)42(2)55(47,48)14(39,40)6(21,22)4(17,18)8(26,27)28/h1-2H3,(H,43,44). The van der Waals surface area contributed by atoms with Gasteiger partial charge in [-0.25, -0.2) is 21.4 Å². The Labute approximate surface area is 281 Å². The maximum absolute atomic E-state index is 14.0. The lowest BCUT2D eigenvalue weighted by Gasteiger charge is -2.37. The second-order valence-electron chi connectivity index (χ2n) is 9.17. The number of phosphoric acid groups is 1. The minimum atomic E-state index is -8.75. The molecule has 0 spiro atoms. The van der Waals surface area contributed by atoms with Crippen molar-refractivity contribution in [1.29, 1.82) is 0 Å². The Morgan fingerprint density at radius 1 is 0.436 bits per heavy atom. The highest BCUT2D eigenvalue weighted by Gasteiger charge is 2.88. The summed E-state index contributed by atoms with van der Waals surface area (Å²) in [7, 11) is -28.2. The first kappa shape index (κ1) is 53.0. The zero-order valence-corrected chi connectivity index (χ0v) is 26.6. The summed E-state index contributed by atoms with van der Waals surface area (Å²) in [5, 5.41) is -16.5. The summed E-state index contributed by atoms with van der Waals surface area (Å²) in [6, 6.07) is -15.1. The van der Waals surface area contributed by atoms with Crippen molar-refractivity contribution in [2.45, 2.75) is 70.9 Å². The van der Waals surface area contributed by atoms with Crippen LogP contribution >= 0.6 is 7.82 Å². The number of hydrogen-bond donors (Lipinski definition) is 1. The van der Waals surface area contributed by atoms with Crippen molar-refractivity contribution in [2.75, 3.05) is 14.1 Å². The molecule has 1 N–H and O–H groups in total. The van der Waals surface area contributed by atoms with E-state index in [1.807, 2.05) is 9.78 Å². The van der Waals surface area contributed by atoms with Gasteiger partial charge in [-0.3, -0.25) is 4.89 Å². The minimum absolute atomic E-state index is 1.49. The SMILES string of the molecule is CN(C(F)(F)C(F)(F)OOP(=O)(O)OOC(F)(F)C(F)(F)N(C)S(=O)(=O)C(F)(F)C(F)(F)C(F)(F)C(F)(F)F)S(=O)(=O)C(F)(F)C(F)(F)C(F)(F)C(F)(F)F. The normalized spacial score (nSPS) is 16.7. The van der Waals surface area contributed by atoms with Crippen molar-refractivity contribution < 1.29 is 160 Å². The Morgan fingerprint density at radius 3 is 0.818 bits per heavy atom. The zero-order chi connectivity index (χ0) is 45.5. The van der Waals surface area contributed by atoms with Crippen molar-refractivity contribution in [3.05, 3.63) is 0 Å². The molecular formula is C14H7F26N2O10PS2. The van der Waals surface area contributed by atoms with Crippen molar-refractivity contribution in [3.8, 4) is 0 Å². The first-order valence-corrected chi connectivity index (χ1v) is 15.6. The molecule has 0 aromatic heterocycles. The maximum atomic E-state index is 14.0. The predicted molar refractivity (Wildman–Crippen MR) is 109 cm³/mol. The van der Waals surface area contributed by atoms with Gasteiger partial charge in [-0.2, -0.15) is 114 Å². The van der Waals surface area contributed by atoms with Crippen LogP contribution in [0.5, 0.6) is 0 Å². The molecule has 0 saturated heterocycles. The van der Waals surface area contributed by atoms with Gasteiger partial charge in [-0.1, -0.05) is 0 Å². The van der Waals surface area contributed by atoms with E-state index in [1.54, 1.807) is 0 Å². The highest BCUT2D eigenvalue weighted by Crippen LogP contribution is 2.59. The Bertz CT molecular complexity index is 1560. The number of sulfonamides is 2. The summed E-state index contributed by atoms with van der Waals surface area (Å²) in [6.07, 6.45) is -30.7. The van der Waals surface area contributed by atoms with Gasteiger partial charge in [0.1, 0.15) is 0 Å². The molecule has 0 aliphatic rings. The van der Waals surface area contributed by atoms with Crippen molar-refractivity contribution in [1.82, 2.24) is 8.61 Å². The molecule has 0 aliphatic carbocycles. The molecule has 0 unspecified atom stereocenters. The molecule has 0 rings (SSSR count). The van der Waals surface area contributed by atoms with E-state index in [-0.39, 0.29) is 0 Å². The predicted octanol–water partition coefficient (Wildman–Crippen LogP) is 6.73. The fourth-order valence-electron chi connectivity index (χ4n) is 2.36. The van der Waals surface area contributed by atoms with Gasteiger partial charge >= 0.3 is 78.7 Å². The minimum Gasteiger partial charge on any atom is -0.299 e. The number of likely N-dealkylation sites (N-methyl/N-ethyl adjacent to an activating group) is 2. The number of nitrogens with zero attached hydrogens (tertiary/aromatic N) is 2. The summed E-state index contributed by atoms with van der Waals surface area (Å²) in [5.74, 6) is -33.2. The molecule has 0 radical (unpaired) electrons. The lowest BCUT2D eigenvalue weighted by molar-refractivity contribution is -0.492. The summed E-state index contributed by atoms with van der Waals surface area (Å²) in [6.45, 7) is 0. The van der Waals surface area contributed by atoms with E-state index in [1.165, 1.54) is 0 Å². The first-order valence-electron chi connectivity index (χ1n) is 11.2. The van der Waals surface area contributed by atoms with E-state index < -0.39 is 121 Å². The number of halogens is 26. The third-order valence-electron chi connectivity index (χ3n) is 5.56. The fraction of sp³-hybridized carbons (Fsp3) is 1.00. The molecule has 0 fully saturated rings. The molecule has 0 heterocycles.